The quantitative estimate of drug-likeness (QED) is 0.822. The molecule has 2 aromatic rings. The first-order valence-corrected chi connectivity index (χ1v) is 9.78. The molecule has 0 unspecified atom stereocenters. The number of hydrogen-bond acceptors (Lipinski definition) is 3. The standard InChI is InChI=1S/C23H23N3O3/c1-15(27)26-12-11-16-5-2-3-8-20(16)21(26)14-22(28)24-19-7-4-6-17(13-19)23(29)25-18-9-10-18/h2-8,11-13,18,21H,9-10,14H2,1H3,(H,24,28)(H,25,29)/t21-/m1/s1. The highest BCUT2D eigenvalue weighted by Gasteiger charge is 2.28. The first-order valence-electron chi connectivity index (χ1n) is 9.78. The van der Waals surface area contributed by atoms with Gasteiger partial charge in [0.05, 0.1) is 12.5 Å². The van der Waals surface area contributed by atoms with Gasteiger partial charge >= 0.3 is 0 Å². The Bertz CT molecular complexity index is 994. The van der Waals surface area contributed by atoms with Gasteiger partial charge in [-0.1, -0.05) is 30.3 Å². The van der Waals surface area contributed by atoms with E-state index in [2.05, 4.69) is 10.6 Å². The zero-order chi connectivity index (χ0) is 20.4. The number of carbonyl (C=O) groups is 3. The third-order valence-corrected chi connectivity index (χ3v) is 5.17. The molecule has 2 aliphatic rings. The largest absolute Gasteiger partial charge is 0.349 e. The molecule has 0 radical (unpaired) electrons. The lowest BCUT2D eigenvalue weighted by molar-refractivity contribution is -0.129. The molecule has 2 N–H and O–H groups in total. The summed E-state index contributed by atoms with van der Waals surface area (Å²) in [5.74, 6) is -0.462. The molecular formula is C23H23N3O3. The van der Waals surface area contributed by atoms with Crippen LogP contribution in [0.15, 0.2) is 54.7 Å². The lowest BCUT2D eigenvalue weighted by atomic mass is 9.93. The molecule has 1 heterocycles. The molecule has 0 bridgehead atoms. The Kier molecular flexibility index (Phi) is 5.16. The van der Waals surface area contributed by atoms with Crippen LogP contribution in [0, 0.1) is 0 Å². The molecule has 1 aliphatic carbocycles. The summed E-state index contributed by atoms with van der Waals surface area (Å²) in [5.41, 5.74) is 3.03. The maximum absolute atomic E-state index is 12.8. The maximum Gasteiger partial charge on any atom is 0.251 e. The second-order valence-corrected chi connectivity index (χ2v) is 7.47. The molecule has 6 nitrogen and oxygen atoms in total. The van der Waals surface area contributed by atoms with Gasteiger partial charge in [0.2, 0.25) is 11.8 Å². The smallest absolute Gasteiger partial charge is 0.251 e. The Balaban J connectivity index is 1.48. The normalized spacial score (nSPS) is 17.4. The van der Waals surface area contributed by atoms with Crippen LogP contribution in [0.2, 0.25) is 0 Å². The molecular weight excluding hydrogens is 366 g/mol. The second-order valence-electron chi connectivity index (χ2n) is 7.47. The van der Waals surface area contributed by atoms with Crippen LogP contribution in [0.4, 0.5) is 5.69 Å². The Morgan fingerprint density at radius 3 is 2.62 bits per heavy atom. The Hall–Kier alpha value is -3.41. The molecule has 1 fully saturated rings. The van der Waals surface area contributed by atoms with Crippen molar-refractivity contribution in [1.29, 1.82) is 0 Å². The van der Waals surface area contributed by atoms with E-state index in [9.17, 15) is 14.4 Å². The number of nitrogens with zero attached hydrogens (tertiary/aromatic N) is 1. The summed E-state index contributed by atoms with van der Waals surface area (Å²) in [7, 11) is 0. The minimum Gasteiger partial charge on any atom is -0.349 e. The number of amides is 3. The van der Waals surface area contributed by atoms with E-state index in [0.29, 0.717) is 11.3 Å². The van der Waals surface area contributed by atoms with Crippen LogP contribution in [0.3, 0.4) is 0 Å². The van der Waals surface area contributed by atoms with Crippen molar-refractivity contribution in [1.82, 2.24) is 10.2 Å². The van der Waals surface area contributed by atoms with Gasteiger partial charge in [0.1, 0.15) is 0 Å². The van der Waals surface area contributed by atoms with Gasteiger partial charge in [-0.3, -0.25) is 14.4 Å². The second kappa shape index (κ2) is 7.91. The Labute approximate surface area is 169 Å². The lowest BCUT2D eigenvalue weighted by Crippen LogP contribution is -2.33. The molecule has 29 heavy (non-hydrogen) atoms. The zero-order valence-electron chi connectivity index (χ0n) is 16.2. The fraction of sp³-hybridized carbons (Fsp3) is 0.261. The average molecular weight is 389 g/mol. The fourth-order valence-electron chi connectivity index (χ4n) is 3.54. The number of hydrogen-bond donors (Lipinski definition) is 2. The summed E-state index contributed by atoms with van der Waals surface area (Å²) in [6.07, 6.45) is 5.77. The minimum atomic E-state index is -0.366. The molecule has 3 amide bonds. The SMILES string of the molecule is CC(=O)N1C=Cc2ccccc2[C@H]1CC(=O)Nc1cccc(C(=O)NC2CC2)c1. The van der Waals surface area contributed by atoms with Crippen LogP contribution in [0.25, 0.3) is 6.08 Å². The lowest BCUT2D eigenvalue weighted by Gasteiger charge is -2.32. The van der Waals surface area contributed by atoms with Crippen LogP contribution >= 0.6 is 0 Å². The monoisotopic (exact) mass is 389 g/mol. The number of nitrogens with one attached hydrogen (secondary N) is 2. The molecule has 0 aromatic heterocycles. The van der Waals surface area contributed by atoms with Crippen molar-refractivity contribution in [2.75, 3.05) is 5.32 Å². The van der Waals surface area contributed by atoms with Crippen LogP contribution in [-0.2, 0) is 9.59 Å². The van der Waals surface area contributed by atoms with Crippen molar-refractivity contribution in [3.8, 4) is 0 Å². The highest BCUT2D eigenvalue weighted by atomic mass is 16.2. The van der Waals surface area contributed by atoms with Gasteiger partial charge in [-0.25, -0.2) is 0 Å². The van der Waals surface area contributed by atoms with Crippen LogP contribution in [0.1, 0.15) is 53.7 Å². The van der Waals surface area contributed by atoms with Gasteiger partial charge in [0.15, 0.2) is 0 Å². The van der Waals surface area contributed by atoms with E-state index in [1.54, 1.807) is 35.4 Å². The molecule has 1 saturated carbocycles. The third kappa shape index (κ3) is 4.37. The predicted octanol–water partition coefficient (Wildman–Crippen LogP) is 3.48. The van der Waals surface area contributed by atoms with Gasteiger partial charge < -0.3 is 15.5 Å². The average Bonchev–Trinajstić information content (AvgIpc) is 3.52. The zero-order valence-corrected chi connectivity index (χ0v) is 16.2. The van der Waals surface area contributed by atoms with Gasteiger partial charge in [-0.2, -0.15) is 0 Å². The predicted molar refractivity (Wildman–Crippen MR) is 111 cm³/mol. The highest BCUT2D eigenvalue weighted by molar-refractivity contribution is 5.97. The van der Waals surface area contributed by atoms with Crippen LogP contribution < -0.4 is 10.6 Å². The van der Waals surface area contributed by atoms with E-state index in [4.69, 9.17) is 0 Å². The number of carbonyl (C=O) groups excluding carboxylic acids is 3. The summed E-state index contributed by atoms with van der Waals surface area (Å²) < 4.78 is 0. The van der Waals surface area contributed by atoms with Crippen molar-refractivity contribution >= 4 is 29.5 Å². The van der Waals surface area contributed by atoms with Gasteiger partial charge in [0, 0.05) is 30.4 Å². The minimum absolute atomic E-state index is 0.118. The summed E-state index contributed by atoms with van der Waals surface area (Å²) in [6.45, 7) is 1.49. The molecule has 148 valence electrons. The maximum atomic E-state index is 12.8. The Morgan fingerprint density at radius 1 is 1.07 bits per heavy atom. The van der Waals surface area contributed by atoms with Gasteiger partial charge in [0.25, 0.3) is 5.91 Å². The molecule has 0 spiro atoms. The van der Waals surface area contributed by atoms with E-state index in [1.165, 1.54) is 6.92 Å². The topological polar surface area (TPSA) is 78.5 Å². The van der Waals surface area contributed by atoms with Crippen LogP contribution in [-0.4, -0.2) is 28.7 Å². The Morgan fingerprint density at radius 2 is 1.86 bits per heavy atom. The molecule has 1 atom stereocenters. The molecule has 1 aliphatic heterocycles. The number of benzene rings is 2. The van der Waals surface area contributed by atoms with Gasteiger partial charge in [-0.15, -0.1) is 0 Å². The van der Waals surface area contributed by atoms with E-state index < -0.39 is 0 Å². The first kappa shape index (κ1) is 18.9. The van der Waals surface area contributed by atoms with Crippen molar-refractivity contribution in [3.05, 3.63) is 71.4 Å². The summed E-state index contributed by atoms with van der Waals surface area (Å²) >= 11 is 0. The number of anilines is 1. The van der Waals surface area contributed by atoms with E-state index in [1.807, 2.05) is 30.3 Å². The number of rotatable bonds is 5. The molecule has 6 heteroatoms. The summed E-state index contributed by atoms with van der Waals surface area (Å²) in [6, 6.07) is 14.6. The first-order chi connectivity index (χ1) is 14.0. The van der Waals surface area contributed by atoms with Crippen molar-refractivity contribution in [2.45, 2.75) is 38.3 Å². The number of fused-ring (bicyclic) bond motifs is 1. The molecule has 0 saturated heterocycles. The third-order valence-electron chi connectivity index (χ3n) is 5.17. The molecule has 2 aromatic carbocycles. The van der Waals surface area contributed by atoms with E-state index in [0.717, 1.165) is 24.0 Å². The van der Waals surface area contributed by atoms with Gasteiger partial charge in [-0.05, 0) is 48.2 Å². The summed E-state index contributed by atoms with van der Waals surface area (Å²) in [5, 5.41) is 5.80. The van der Waals surface area contributed by atoms with Crippen molar-refractivity contribution in [3.63, 3.8) is 0 Å². The van der Waals surface area contributed by atoms with Crippen LogP contribution in [0.5, 0.6) is 0 Å². The molecule has 4 rings (SSSR count). The van der Waals surface area contributed by atoms with Crippen molar-refractivity contribution in [2.24, 2.45) is 0 Å². The highest BCUT2D eigenvalue weighted by Crippen LogP contribution is 2.33. The fourth-order valence-corrected chi connectivity index (χ4v) is 3.54. The van der Waals surface area contributed by atoms with Crippen molar-refractivity contribution < 1.29 is 14.4 Å². The van der Waals surface area contributed by atoms with E-state index in [-0.39, 0.29) is 36.2 Å². The van der Waals surface area contributed by atoms with E-state index >= 15 is 0 Å². The summed E-state index contributed by atoms with van der Waals surface area (Å²) in [4.78, 5) is 38.6.